The van der Waals surface area contributed by atoms with Crippen LogP contribution >= 0.6 is 0 Å². The molecular weight excluding hydrogens is 532 g/mol. The molecule has 1 fully saturated rings. The molecule has 0 radical (unpaired) electrons. The van der Waals surface area contributed by atoms with E-state index in [0.29, 0.717) is 11.3 Å². The second-order valence-electron chi connectivity index (χ2n) is 8.67. The fraction of sp³-hybridized carbons (Fsp3) is 0.375. The highest BCUT2D eigenvalue weighted by atomic mass is 32.2. The third-order valence-corrected chi connectivity index (χ3v) is 7.69. The predicted molar refractivity (Wildman–Crippen MR) is 140 cm³/mol. The number of benzene rings is 2. The largest absolute Gasteiger partial charge is 0.370 e. The normalized spacial score (nSPS) is 20.2. The number of ether oxygens (including phenoxy) is 1. The van der Waals surface area contributed by atoms with Crippen molar-refractivity contribution < 1.29 is 37.7 Å². The Bertz CT molecular complexity index is 1260. The van der Waals surface area contributed by atoms with E-state index in [0.717, 1.165) is 4.31 Å². The van der Waals surface area contributed by atoms with Crippen molar-refractivity contribution in [2.24, 2.45) is 16.5 Å². The Morgan fingerprint density at radius 3 is 2.41 bits per heavy atom. The number of sulfonamides is 1. The molecule has 1 aliphatic heterocycles. The number of guanidine groups is 1. The maximum Gasteiger partial charge on any atom is 0.251 e. The Morgan fingerprint density at radius 2 is 1.79 bits per heavy atom. The van der Waals surface area contributed by atoms with Gasteiger partial charge in [-0.2, -0.15) is 9.30 Å². The summed E-state index contributed by atoms with van der Waals surface area (Å²) in [6, 6.07) is 13.3. The third kappa shape index (κ3) is 7.95. The predicted octanol–water partition coefficient (Wildman–Crippen LogP) is 0.519. The smallest absolute Gasteiger partial charge is 0.251 e. The van der Waals surface area contributed by atoms with Gasteiger partial charge in [0.25, 0.3) is 5.91 Å². The number of aliphatic imine (C=N–C) groups is 1. The number of carbonyl (C=O) groups is 2. The summed E-state index contributed by atoms with van der Waals surface area (Å²) in [5, 5.41) is 12.0. The summed E-state index contributed by atoms with van der Waals surface area (Å²) in [6.45, 7) is 3.18. The molecule has 4 unspecified atom stereocenters. The van der Waals surface area contributed by atoms with E-state index < -0.39 is 46.4 Å². The summed E-state index contributed by atoms with van der Waals surface area (Å²) in [5.74, 6) is -1.52. The lowest BCUT2D eigenvalue weighted by Gasteiger charge is -2.27. The van der Waals surface area contributed by atoms with Crippen molar-refractivity contribution in [2.45, 2.75) is 56.2 Å². The van der Waals surface area contributed by atoms with Gasteiger partial charge in [-0.1, -0.05) is 30.3 Å². The number of carbonyl (C=O) groups excluding carboxylic acids is 2. The molecular formula is C24H32N6O8S. The minimum atomic E-state index is -4.05. The second kappa shape index (κ2) is 13.5. The molecule has 7 N–H and O–H groups in total. The van der Waals surface area contributed by atoms with Gasteiger partial charge in [0, 0.05) is 6.42 Å². The molecule has 1 heterocycles. The van der Waals surface area contributed by atoms with Crippen LogP contribution in [0.4, 0.5) is 5.69 Å². The highest BCUT2D eigenvalue weighted by Gasteiger charge is 2.49. The van der Waals surface area contributed by atoms with Crippen molar-refractivity contribution in [2.75, 3.05) is 12.1 Å². The first-order valence-corrected chi connectivity index (χ1v) is 13.4. The summed E-state index contributed by atoms with van der Waals surface area (Å²) in [6.07, 6.45) is -2.76. The average Bonchev–Trinajstić information content (AvgIpc) is 3.21. The summed E-state index contributed by atoms with van der Waals surface area (Å²) in [4.78, 5) is 37.7. The van der Waals surface area contributed by atoms with Gasteiger partial charge in [0.1, 0.15) is 12.3 Å². The zero-order valence-corrected chi connectivity index (χ0v) is 22.2. The third-order valence-electron chi connectivity index (χ3n) is 5.74. The number of hydrogen-bond acceptors (Lipinski definition) is 9. The number of nitrogens with two attached hydrogens (primary N) is 2. The number of hydrogen-bond donors (Lipinski definition) is 5. The molecule has 0 spiro atoms. The van der Waals surface area contributed by atoms with Crippen LogP contribution in [0.5, 0.6) is 0 Å². The quantitative estimate of drug-likeness (QED) is 0.0599. The van der Waals surface area contributed by atoms with Gasteiger partial charge in [-0.25, -0.2) is 18.6 Å². The summed E-state index contributed by atoms with van der Waals surface area (Å²) in [7, 11) is -4.05. The van der Waals surface area contributed by atoms with E-state index >= 15 is 0 Å². The van der Waals surface area contributed by atoms with Gasteiger partial charge in [-0.15, -0.1) is 0 Å². The van der Waals surface area contributed by atoms with Crippen LogP contribution in [-0.2, 0) is 40.5 Å². The second-order valence-corrected chi connectivity index (χ2v) is 10.5. The monoisotopic (exact) mass is 564 g/mol. The molecule has 0 saturated carbocycles. The molecule has 39 heavy (non-hydrogen) atoms. The lowest BCUT2D eigenvalue weighted by atomic mass is 10.1. The average molecular weight is 565 g/mol. The fourth-order valence-corrected chi connectivity index (χ4v) is 5.77. The van der Waals surface area contributed by atoms with Crippen LogP contribution in [0.2, 0.25) is 0 Å². The minimum Gasteiger partial charge on any atom is -0.370 e. The molecule has 2 aromatic carbocycles. The topological polar surface area (TPSA) is 208 Å². The van der Waals surface area contributed by atoms with Crippen LogP contribution in [0.1, 0.15) is 25.8 Å². The molecule has 2 amide bonds. The lowest BCUT2D eigenvalue weighted by Crippen LogP contribution is -2.53. The summed E-state index contributed by atoms with van der Waals surface area (Å²) >= 11 is 0. The zero-order valence-electron chi connectivity index (χ0n) is 21.4. The summed E-state index contributed by atoms with van der Waals surface area (Å²) < 4.78 is 33.3. The van der Waals surface area contributed by atoms with Gasteiger partial charge >= 0.3 is 0 Å². The first-order chi connectivity index (χ1) is 18.5. The SMILES string of the molecule is CC1OC(C)N(S(=O)(=O)c2ccccc2)C1C(=O)NC(Cc1ccc(NOCCC(=O)N=C(N)N)cc1)OO. The van der Waals surface area contributed by atoms with Crippen LogP contribution in [0.15, 0.2) is 64.5 Å². The van der Waals surface area contributed by atoms with Crippen molar-refractivity contribution >= 4 is 33.5 Å². The van der Waals surface area contributed by atoms with E-state index in [1.807, 2.05) is 0 Å². The van der Waals surface area contributed by atoms with Crippen LogP contribution in [-0.4, -0.2) is 67.0 Å². The Kier molecular flexibility index (Phi) is 10.3. The number of rotatable bonds is 12. The van der Waals surface area contributed by atoms with E-state index in [9.17, 15) is 23.3 Å². The molecule has 1 saturated heterocycles. The maximum atomic E-state index is 13.3. The molecule has 4 atom stereocenters. The molecule has 0 aromatic heterocycles. The minimum absolute atomic E-state index is 0.0221. The maximum absolute atomic E-state index is 13.3. The first kappa shape index (κ1) is 29.9. The number of amides is 2. The van der Waals surface area contributed by atoms with E-state index in [4.69, 9.17) is 21.0 Å². The van der Waals surface area contributed by atoms with Gasteiger partial charge < -0.3 is 21.5 Å². The molecule has 0 bridgehead atoms. The van der Waals surface area contributed by atoms with Crippen LogP contribution in [0, 0.1) is 0 Å². The lowest BCUT2D eigenvalue weighted by molar-refractivity contribution is -0.284. The van der Waals surface area contributed by atoms with E-state index in [1.165, 1.54) is 12.1 Å². The highest BCUT2D eigenvalue weighted by molar-refractivity contribution is 7.89. The molecule has 14 nitrogen and oxygen atoms in total. The van der Waals surface area contributed by atoms with Gasteiger partial charge in [0.2, 0.25) is 15.9 Å². The van der Waals surface area contributed by atoms with Gasteiger partial charge in [0.15, 0.2) is 12.2 Å². The molecule has 3 rings (SSSR count). The van der Waals surface area contributed by atoms with Crippen LogP contribution in [0.25, 0.3) is 0 Å². The van der Waals surface area contributed by atoms with Crippen LogP contribution < -0.4 is 22.3 Å². The molecule has 1 aliphatic rings. The van der Waals surface area contributed by atoms with Crippen molar-refractivity contribution in [1.82, 2.24) is 9.62 Å². The van der Waals surface area contributed by atoms with Gasteiger partial charge in [-0.05, 0) is 43.7 Å². The van der Waals surface area contributed by atoms with Crippen molar-refractivity contribution in [1.29, 1.82) is 0 Å². The number of nitrogens with one attached hydrogen (secondary N) is 2. The van der Waals surface area contributed by atoms with E-state index in [1.54, 1.807) is 56.3 Å². The molecule has 15 heteroatoms. The number of anilines is 1. The van der Waals surface area contributed by atoms with E-state index in [-0.39, 0.29) is 30.3 Å². The standard InChI is InChI=1S/C24H32N6O8S/c1-15-22(30(16(2)37-15)39(34,35)19-6-4-3-5-7-19)23(32)28-21(38-33)14-17-8-10-18(11-9-17)29-36-13-12-20(31)27-24(25)26/h3-11,15-16,21-22,29,33H,12-14H2,1-2H3,(H,28,32)(H4,25,26,27,31). The summed E-state index contributed by atoms with van der Waals surface area (Å²) in [5.41, 5.74) is 14.2. The Balaban J connectivity index is 1.59. The molecule has 212 valence electrons. The van der Waals surface area contributed by atoms with Gasteiger partial charge in [0.05, 0.1) is 29.7 Å². The van der Waals surface area contributed by atoms with Crippen molar-refractivity contribution in [3.63, 3.8) is 0 Å². The van der Waals surface area contributed by atoms with Crippen molar-refractivity contribution in [3.05, 3.63) is 60.2 Å². The molecule has 0 aliphatic carbocycles. The Morgan fingerprint density at radius 1 is 1.13 bits per heavy atom. The van der Waals surface area contributed by atoms with Gasteiger partial charge in [-0.3, -0.25) is 19.9 Å². The van der Waals surface area contributed by atoms with Crippen LogP contribution in [0.3, 0.4) is 0 Å². The number of nitrogens with zero attached hydrogens (tertiary/aromatic N) is 2. The highest BCUT2D eigenvalue weighted by Crippen LogP contribution is 2.30. The Hall–Kier alpha value is -3.60. The van der Waals surface area contributed by atoms with Crippen molar-refractivity contribution in [3.8, 4) is 0 Å². The van der Waals surface area contributed by atoms with E-state index in [2.05, 4.69) is 20.7 Å². The zero-order chi connectivity index (χ0) is 28.6. The fourth-order valence-electron chi connectivity index (χ4n) is 4.02. The first-order valence-electron chi connectivity index (χ1n) is 12.0. The Labute approximate surface area is 225 Å². The molecule has 2 aromatic rings.